The Morgan fingerprint density at radius 2 is 1.70 bits per heavy atom. The van der Waals surface area contributed by atoms with E-state index in [9.17, 15) is 9.59 Å². The summed E-state index contributed by atoms with van der Waals surface area (Å²) < 4.78 is 7.39. The van der Waals surface area contributed by atoms with Crippen LogP contribution in [0.25, 0.3) is 0 Å². The number of aromatic nitrogens is 2. The molecule has 0 spiro atoms. The van der Waals surface area contributed by atoms with E-state index < -0.39 is 0 Å². The van der Waals surface area contributed by atoms with E-state index in [1.807, 2.05) is 67.1 Å². The zero-order chi connectivity index (χ0) is 23.2. The molecule has 33 heavy (non-hydrogen) atoms. The quantitative estimate of drug-likeness (QED) is 0.647. The van der Waals surface area contributed by atoms with E-state index in [1.54, 1.807) is 21.9 Å². The second kappa shape index (κ2) is 10.2. The maximum absolute atomic E-state index is 12.9. The Balaban J connectivity index is 1.32. The number of anilines is 1. The van der Waals surface area contributed by atoms with Crippen molar-refractivity contribution >= 4 is 17.8 Å². The molecule has 1 saturated heterocycles. The minimum absolute atomic E-state index is 0.170. The van der Waals surface area contributed by atoms with Gasteiger partial charge in [0.15, 0.2) is 0 Å². The number of carbonyl (C=O) groups excluding carboxylic acids is 2. The molecule has 0 saturated carbocycles. The number of hydrogen-bond donors (Lipinski definition) is 1. The van der Waals surface area contributed by atoms with Crippen LogP contribution in [0.5, 0.6) is 5.75 Å². The largest absolute Gasteiger partial charge is 0.415 e. The predicted octanol–water partition coefficient (Wildman–Crippen LogP) is 4.29. The average Bonchev–Trinajstić information content (AvgIpc) is 2.98. The molecule has 1 aromatic heterocycles. The standard InChI is InChI=1S/C25H29N5O3/c1-19-16-20(2)30(27-19)18-21-8-6-9-22(17-21)26-24(31)28-12-7-13-29(15-14-28)25(32)33-23-10-4-3-5-11-23/h3-6,8-11,16-17H,7,12-15,18H2,1-2H3,(H,26,31). The van der Waals surface area contributed by atoms with Crippen molar-refractivity contribution in [2.24, 2.45) is 0 Å². The molecule has 1 N–H and O–H groups in total. The summed E-state index contributed by atoms with van der Waals surface area (Å²) in [6, 6.07) is 18.7. The normalized spacial score (nSPS) is 14.0. The van der Waals surface area contributed by atoms with Gasteiger partial charge in [0.1, 0.15) is 5.75 Å². The van der Waals surface area contributed by atoms with Crippen molar-refractivity contribution in [2.45, 2.75) is 26.8 Å². The number of amides is 3. The molecule has 1 aliphatic heterocycles. The molecule has 172 valence electrons. The minimum Gasteiger partial charge on any atom is -0.410 e. The molecule has 8 heteroatoms. The molecule has 0 radical (unpaired) electrons. The number of carbonyl (C=O) groups is 2. The molecule has 2 aromatic carbocycles. The first-order valence-corrected chi connectivity index (χ1v) is 11.2. The first-order chi connectivity index (χ1) is 16.0. The fraction of sp³-hybridized carbons (Fsp3) is 0.320. The second-order valence-electron chi connectivity index (χ2n) is 8.22. The van der Waals surface area contributed by atoms with E-state index in [4.69, 9.17) is 4.74 Å². The summed E-state index contributed by atoms with van der Waals surface area (Å²) >= 11 is 0. The lowest BCUT2D eigenvalue weighted by atomic mass is 10.2. The molecule has 1 fully saturated rings. The van der Waals surface area contributed by atoms with Gasteiger partial charge in [0, 0.05) is 37.6 Å². The number of nitrogens with zero attached hydrogens (tertiary/aromatic N) is 4. The Kier molecular flexibility index (Phi) is 6.92. The molecule has 3 amide bonds. The van der Waals surface area contributed by atoms with Gasteiger partial charge < -0.3 is 19.9 Å². The first kappa shape index (κ1) is 22.4. The molecule has 4 rings (SSSR count). The Labute approximate surface area is 193 Å². The number of urea groups is 1. The molecule has 3 aromatic rings. The van der Waals surface area contributed by atoms with Crippen LogP contribution in [0.3, 0.4) is 0 Å². The van der Waals surface area contributed by atoms with Gasteiger partial charge in [-0.05, 0) is 56.2 Å². The number of rotatable bonds is 4. The Bertz CT molecular complexity index is 1110. The third kappa shape index (κ3) is 5.91. The lowest BCUT2D eigenvalue weighted by Crippen LogP contribution is -2.40. The molecule has 2 heterocycles. The monoisotopic (exact) mass is 447 g/mol. The second-order valence-corrected chi connectivity index (χ2v) is 8.22. The van der Waals surface area contributed by atoms with Gasteiger partial charge in [-0.2, -0.15) is 5.10 Å². The van der Waals surface area contributed by atoms with Gasteiger partial charge in [-0.15, -0.1) is 0 Å². The van der Waals surface area contributed by atoms with E-state index in [0.29, 0.717) is 44.9 Å². The summed E-state index contributed by atoms with van der Waals surface area (Å²) in [6.45, 7) is 6.65. The molecule has 0 aliphatic carbocycles. The highest BCUT2D eigenvalue weighted by Gasteiger charge is 2.23. The van der Waals surface area contributed by atoms with Gasteiger partial charge in [0.2, 0.25) is 0 Å². The van der Waals surface area contributed by atoms with Crippen LogP contribution in [0.2, 0.25) is 0 Å². The fourth-order valence-electron chi connectivity index (χ4n) is 3.91. The van der Waals surface area contributed by atoms with Crippen molar-refractivity contribution in [1.82, 2.24) is 19.6 Å². The fourth-order valence-corrected chi connectivity index (χ4v) is 3.91. The lowest BCUT2D eigenvalue weighted by Gasteiger charge is -2.22. The number of hydrogen-bond acceptors (Lipinski definition) is 4. The molecular weight excluding hydrogens is 418 g/mol. The highest BCUT2D eigenvalue weighted by atomic mass is 16.6. The van der Waals surface area contributed by atoms with Crippen molar-refractivity contribution < 1.29 is 14.3 Å². The maximum Gasteiger partial charge on any atom is 0.415 e. The topological polar surface area (TPSA) is 79.7 Å². The lowest BCUT2D eigenvalue weighted by molar-refractivity contribution is 0.153. The summed E-state index contributed by atoms with van der Waals surface area (Å²) in [7, 11) is 0. The summed E-state index contributed by atoms with van der Waals surface area (Å²) in [5.41, 5.74) is 3.88. The van der Waals surface area contributed by atoms with Crippen LogP contribution >= 0.6 is 0 Å². The number of aryl methyl sites for hydroxylation is 2. The zero-order valence-electron chi connectivity index (χ0n) is 19.0. The third-order valence-corrected chi connectivity index (χ3v) is 5.60. The number of para-hydroxylation sites is 1. The highest BCUT2D eigenvalue weighted by Crippen LogP contribution is 2.16. The molecule has 0 unspecified atom stereocenters. The number of benzene rings is 2. The van der Waals surface area contributed by atoms with Crippen molar-refractivity contribution in [3.8, 4) is 5.75 Å². The third-order valence-electron chi connectivity index (χ3n) is 5.60. The SMILES string of the molecule is Cc1cc(C)n(Cc2cccc(NC(=O)N3CCCN(C(=O)Oc4ccccc4)CC3)c2)n1. The van der Waals surface area contributed by atoms with Gasteiger partial charge in [-0.1, -0.05) is 30.3 Å². The minimum atomic E-state index is -0.389. The van der Waals surface area contributed by atoms with E-state index in [1.165, 1.54) is 0 Å². The Morgan fingerprint density at radius 3 is 2.45 bits per heavy atom. The number of ether oxygens (including phenoxy) is 1. The van der Waals surface area contributed by atoms with E-state index in [2.05, 4.69) is 10.4 Å². The Hall–Kier alpha value is -3.81. The molecular formula is C25H29N5O3. The predicted molar refractivity (Wildman–Crippen MR) is 126 cm³/mol. The average molecular weight is 448 g/mol. The summed E-state index contributed by atoms with van der Waals surface area (Å²) in [5.74, 6) is 0.515. The van der Waals surface area contributed by atoms with Crippen molar-refractivity contribution in [3.05, 3.63) is 77.6 Å². The summed E-state index contributed by atoms with van der Waals surface area (Å²) in [4.78, 5) is 28.7. The van der Waals surface area contributed by atoms with Gasteiger partial charge >= 0.3 is 12.1 Å². The van der Waals surface area contributed by atoms with Crippen molar-refractivity contribution in [2.75, 3.05) is 31.5 Å². The Morgan fingerprint density at radius 1 is 0.939 bits per heavy atom. The van der Waals surface area contributed by atoms with Crippen LogP contribution in [0.1, 0.15) is 23.4 Å². The molecule has 0 atom stereocenters. The van der Waals surface area contributed by atoms with Crippen molar-refractivity contribution in [1.29, 1.82) is 0 Å². The van der Waals surface area contributed by atoms with Crippen LogP contribution in [0, 0.1) is 13.8 Å². The summed E-state index contributed by atoms with van der Waals surface area (Å²) in [5, 5.41) is 7.50. The molecule has 1 aliphatic rings. The number of nitrogens with one attached hydrogen (secondary N) is 1. The van der Waals surface area contributed by atoms with Gasteiger partial charge in [-0.3, -0.25) is 4.68 Å². The van der Waals surface area contributed by atoms with E-state index >= 15 is 0 Å². The zero-order valence-corrected chi connectivity index (χ0v) is 19.0. The van der Waals surface area contributed by atoms with Crippen LogP contribution in [-0.2, 0) is 6.54 Å². The van der Waals surface area contributed by atoms with Crippen LogP contribution in [0.15, 0.2) is 60.7 Å². The first-order valence-electron chi connectivity index (χ1n) is 11.2. The van der Waals surface area contributed by atoms with Gasteiger partial charge in [-0.25, -0.2) is 9.59 Å². The molecule has 0 bridgehead atoms. The van der Waals surface area contributed by atoms with Gasteiger partial charge in [0.25, 0.3) is 0 Å². The summed E-state index contributed by atoms with van der Waals surface area (Å²) in [6.07, 6.45) is 0.301. The van der Waals surface area contributed by atoms with Crippen LogP contribution in [-0.4, -0.2) is 57.9 Å². The van der Waals surface area contributed by atoms with Gasteiger partial charge in [0.05, 0.1) is 12.2 Å². The maximum atomic E-state index is 12.9. The van der Waals surface area contributed by atoms with Crippen LogP contribution < -0.4 is 10.1 Å². The van der Waals surface area contributed by atoms with Crippen molar-refractivity contribution in [3.63, 3.8) is 0 Å². The smallest absolute Gasteiger partial charge is 0.410 e. The van der Waals surface area contributed by atoms with Crippen LogP contribution in [0.4, 0.5) is 15.3 Å². The van der Waals surface area contributed by atoms with E-state index in [-0.39, 0.29) is 12.1 Å². The molecule has 8 nitrogen and oxygen atoms in total. The van der Waals surface area contributed by atoms with E-state index in [0.717, 1.165) is 22.6 Å². The highest BCUT2D eigenvalue weighted by molar-refractivity contribution is 5.89.